The molecule has 13 heavy (non-hydrogen) atoms. The standard InChI is InChI=1S/C11H13O2/c1-3-11(12)13-8-10-6-4-5-9(2)7-10/h4-7H,1,3,8H2,2H3. The van der Waals surface area contributed by atoms with Gasteiger partial charge in [0.05, 0.1) is 0 Å². The summed E-state index contributed by atoms with van der Waals surface area (Å²) in [5.41, 5.74) is 2.19. The summed E-state index contributed by atoms with van der Waals surface area (Å²) >= 11 is 0. The Hall–Kier alpha value is -1.31. The van der Waals surface area contributed by atoms with Crippen molar-refractivity contribution in [3.63, 3.8) is 0 Å². The quantitative estimate of drug-likeness (QED) is 0.662. The summed E-state index contributed by atoms with van der Waals surface area (Å²) in [6.07, 6.45) is 0.186. The van der Waals surface area contributed by atoms with Crippen LogP contribution in [0.3, 0.4) is 0 Å². The van der Waals surface area contributed by atoms with Crippen molar-refractivity contribution in [3.8, 4) is 0 Å². The molecule has 1 aromatic carbocycles. The van der Waals surface area contributed by atoms with Crippen LogP contribution in [0, 0.1) is 13.8 Å². The summed E-state index contributed by atoms with van der Waals surface area (Å²) in [5, 5.41) is 0. The molecule has 0 saturated heterocycles. The summed E-state index contributed by atoms with van der Waals surface area (Å²) in [5.74, 6) is -0.262. The van der Waals surface area contributed by atoms with E-state index in [1.165, 1.54) is 5.56 Å². The highest BCUT2D eigenvalue weighted by Crippen LogP contribution is 2.05. The van der Waals surface area contributed by atoms with Crippen molar-refractivity contribution in [3.05, 3.63) is 42.3 Å². The molecule has 1 radical (unpaired) electrons. The monoisotopic (exact) mass is 177 g/mol. The highest BCUT2D eigenvalue weighted by atomic mass is 16.5. The lowest BCUT2D eigenvalue weighted by atomic mass is 10.1. The third-order valence-electron chi connectivity index (χ3n) is 1.69. The lowest BCUT2D eigenvalue weighted by molar-refractivity contribution is -0.143. The molecule has 0 saturated carbocycles. The first kappa shape index (κ1) is 9.78. The zero-order chi connectivity index (χ0) is 9.68. The number of ether oxygens (including phenoxy) is 1. The van der Waals surface area contributed by atoms with Gasteiger partial charge in [-0.25, -0.2) is 0 Å². The number of hydrogen-bond acceptors (Lipinski definition) is 2. The predicted octanol–water partition coefficient (Wildman–Crippen LogP) is 2.26. The van der Waals surface area contributed by atoms with E-state index in [0.717, 1.165) is 5.56 Å². The van der Waals surface area contributed by atoms with E-state index in [1.54, 1.807) is 0 Å². The maximum absolute atomic E-state index is 10.8. The molecule has 0 aliphatic heterocycles. The second kappa shape index (κ2) is 4.65. The van der Waals surface area contributed by atoms with Crippen LogP contribution in [0.4, 0.5) is 0 Å². The van der Waals surface area contributed by atoms with Crippen LogP contribution in [0.1, 0.15) is 17.5 Å². The smallest absolute Gasteiger partial charge is 0.306 e. The number of esters is 1. The third-order valence-corrected chi connectivity index (χ3v) is 1.69. The summed E-state index contributed by atoms with van der Waals surface area (Å²) < 4.78 is 4.93. The molecule has 0 aliphatic carbocycles. The van der Waals surface area contributed by atoms with E-state index < -0.39 is 0 Å². The number of aryl methyl sites for hydroxylation is 1. The van der Waals surface area contributed by atoms with E-state index in [0.29, 0.717) is 6.61 Å². The van der Waals surface area contributed by atoms with E-state index in [2.05, 4.69) is 6.92 Å². The fraction of sp³-hybridized carbons (Fsp3) is 0.273. The van der Waals surface area contributed by atoms with Crippen LogP contribution in [-0.4, -0.2) is 5.97 Å². The maximum Gasteiger partial charge on any atom is 0.306 e. The van der Waals surface area contributed by atoms with Gasteiger partial charge >= 0.3 is 5.97 Å². The second-order valence-electron chi connectivity index (χ2n) is 2.90. The average Bonchev–Trinajstić information content (AvgIpc) is 2.14. The van der Waals surface area contributed by atoms with Gasteiger partial charge in [0.1, 0.15) is 6.61 Å². The van der Waals surface area contributed by atoms with Crippen molar-refractivity contribution in [2.45, 2.75) is 20.0 Å². The zero-order valence-electron chi connectivity index (χ0n) is 7.75. The molecule has 0 atom stereocenters. The zero-order valence-corrected chi connectivity index (χ0v) is 7.75. The minimum atomic E-state index is -0.262. The lowest BCUT2D eigenvalue weighted by Crippen LogP contribution is -2.02. The lowest BCUT2D eigenvalue weighted by Gasteiger charge is -2.03. The Labute approximate surface area is 78.5 Å². The highest BCUT2D eigenvalue weighted by Gasteiger charge is 1.98. The normalized spacial score (nSPS) is 9.69. The first-order chi connectivity index (χ1) is 6.22. The first-order valence-electron chi connectivity index (χ1n) is 4.23. The first-order valence-corrected chi connectivity index (χ1v) is 4.23. The number of carbonyl (C=O) groups is 1. The van der Waals surface area contributed by atoms with Crippen LogP contribution in [0.15, 0.2) is 24.3 Å². The SMILES string of the molecule is [CH2]CC(=O)OCc1cccc(C)c1. The van der Waals surface area contributed by atoms with Gasteiger partial charge < -0.3 is 4.74 Å². The molecule has 0 aliphatic rings. The number of hydrogen-bond donors (Lipinski definition) is 0. The van der Waals surface area contributed by atoms with Gasteiger partial charge in [0.15, 0.2) is 0 Å². The van der Waals surface area contributed by atoms with Gasteiger partial charge in [0.2, 0.25) is 0 Å². The fourth-order valence-corrected chi connectivity index (χ4v) is 1.04. The van der Waals surface area contributed by atoms with E-state index in [-0.39, 0.29) is 12.4 Å². The Kier molecular flexibility index (Phi) is 3.50. The van der Waals surface area contributed by atoms with E-state index in [9.17, 15) is 4.79 Å². The van der Waals surface area contributed by atoms with Crippen molar-refractivity contribution in [1.29, 1.82) is 0 Å². The van der Waals surface area contributed by atoms with E-state index >= 15 is 0 Å². The minimum absolute atomic E-state index is 0.186. The molecule has 2 nitrogen and oxygen atoms in total. The minimum Gasteiger partial charge on any atom is -0.461 e. The second-order valence-corrected chi connectivity index (χ2v) is 2.90. The highest BCUT2D eigenvalue weighted by molar-refractivity contribution is 5.69. The van der Waals surface area contributed by atoms with Crippen molar-refractivity contribution in [2.24, 2.45) is 0 Å². The molecule has 0 unspecified atom stereocenters. The fourth-order valence-electron chi connectivity index (χ4n) is 1.04. The van der Waals surface area contributed by atoms with Gasteiger partial charge in [-0.15, -0.1) is 0 Å². The Morgan fingerprint density at radius 2 is 2.31 bits per heavy atom. The molecule has 0 fully saturated rings. The van der Waals surface area contributed by atoms with E-state index in [4.69, 9.17) is 4.74 Å². The van der Waals surface area contributed by atoms with Crippen LogP contribution in [-0.2, 0) is 16.1 Å². The maximum atomic E-state index is 10.8. The summed E-state index contributed by atoms with van der Waals surface area (Å²) in [7, 11) is 0. The van der Waals surface area contributed by atoms with Gasteiger partial charge in [-0.2, -0.15) is 0 Å². The Bertz CT molecular complexity index is 292. The number of rotatable bonds is 3. The molecule has 2 heteroatoms. The van der Waals surface area contributed by atoms with Gasteiger partial charge in [-0.1, -0.05) is 29.8 Å². The van der Waals surface area contributed by atoms with Gasteiger partial charge in [-0.3, -0.25) is 4.79 Å². The molecule has 0 N–H and O–H groups in total. The van der Waals surface area contributed by atoms with Crippen molar-refractivity contribution in [1.82, 2.24) is 0 Å². The summed E-state index contributed by atoms with van der Waals surface area (Å²) in [6.45, 7) is 5.79. The Morgan fingerprint density at radius 1 is 1.54 bits per heavy atom. The van der Waals surface area contributed by atoms with Crippen molar-refractivity contribution in [2.75, 3.05) is 0 Å². The van der Waals surface area contributed by atoms with Crippen LogP contribution in [0.2, 0.25) is 0 Å². The molecule has 0 heterocycles. The van der Waals surface area contributed by atoms with Crippen LogP contribution in [0.5, 0.6) is 0 Å². The molecular formula is C11H13O2. The van der Waals surface area contributed by atoms with Gasteiger partial charge in [-0.05, 0) is 19.4 Å². The van der Waals surface area contributed by atoms with Gasteiger partial charge in [0, 0.05) is 6.42 Å². The van der Waals surface area contributed by atoms with Gasteiger partial charge in [0.25, 0.3) is 0 Å². The number of benzene rings is 1. The van der Waals surface area contributed by atoms with E-state index in [1.807, 2.05) is 31.2 Å². The largest absolute Gasteiger partial charge is 0.461 e. The number of carbonyl (C=O) groups excluding carboxylic acids is 1. The van der Waals surface area contributed by atoms with Crippen LogP contribution >= 0.6 is 0 Å². The van der Waals surface area contributed by atoms with Crippen LogP contribution < -0.4 is 0 Å². The van der Waals surface area contributed by atoms with Crippen molar-refractivity contribution >= 4 is 5.97 Å². The average molecular weight is 177 g/mol. The molecule has 0 spiro atoms. The molecule has 0 amide bonds. The third kappa shape index (κ3) is 3.28. The molecule has 1 aromatic rings. The Morgan fingerprint density at radius 3 is 2.92 bits per heavy atom. The molecule has 0 bridgehead atoms. The molecule has 69 valence electrons. The molecule has 1 rings (SSSR count). The van der Waals surface area contributed by atoms with Crippen LogP contribution in [0.25, 0.3) is 0 Å². The molecule has 0 aromatic heterocycles. The Balaban J connectivity index is 2.50. The molecular weight excluding hydrogens is 164 g/mol. The van der Waals surface area contributed by atoms with Crippen molar-refractivity contribution < 1.29 is 9.53 Å². The summed E-state index contributed by atoms with van der Waals surface area (Å²) in [6, 6.07) is 7.88. The topological polar surface area (TPSA) is 26.3 Å². The predicted molar refractivity (Wildman–Crippen MR) is 50.9 cm³/mol. The summed E-state index contributed by atoms with van der Waals surface area (Å²) in [4.78, 5) is 10.8.